The summed E-state index contributed by atoms with van der Waals surface area (Å²) in [5.41, 5.74) is 6.08. The number of fused-ring (bicyclic) bond motifs is 1. The van der Waals surface area contributed by atoms with Gasteiger partial charge in [0.1, 0.15) is 11.7 Å². The molecule has 0 radical (unpaired) electrons. The molecule has 1 unspecified atom stereocenters. The molecule has 0 saturated carbocycles. The van der Waals surface area contributed by atoms with Crippen LogP contribution in [0.4, 0.5) is 0 Å². The van der Waals surface area contributed by atoms with Crippen molar-refractivity contribution in [1.29, 1.82) is 0 Å². The van der Waals surface area contributed by atoms with Crippen LogP contribution in [-0.4, -0.2) is 43.5 Å². The highest BCUT2D eigenvalue weighted by Gasteiger charge is 2.23. The number of carbonyl (C=O) groups excluding carboxylic acids is 1. The summed E-state index contributed by atoms with van der Waals surface area (Å²) in [4.78, 5) is 39.7. The number of aliphatic carboxylic acids is 2. The third-order valence-electron chi connectivity index (χ3n) is 5.33. The second kappa shape index (κ2) is 8.99. The normalized spacial score (nSPS) is 12.0. The van der Waals surface area contributed by atoms with E-state index in [-0.39, 0.29) is 19.3 Å². The zero-order valence-corrected chi connectivity index (χ0v) is 17.7. The summed E-state index contributed by atoms with van der Waals surface area (Å²) in [6.45, 7) is 5.96. The van der Waals surface area contributed by atoms with Crippen LogP contribution in [-0.2, 0) is 20.8 Å². The van der Waals surface area contributed by atoms with Crippen molar-refractivity contribution in [3.05, 3.63) is 58.9 Å². The molecule has 0 aliphatic carbocycles. The van der Waals surface area contributed by atoms with Crippen molar-refractivity contribution in [3.63, 3.8) is 0 Å². The number of benzene rings is 1. The molecule has 8 nitrogen and oxygen atoms in total. The summed E-state index contributed by atoms with van der Waals surface area (Å²) in [5, 5.41) is 20.6. The number of nitrogens with one attached hydrogen (secondary N) is 1. The second-order valence-corrected chi connectivity index (χ2v) is 7.66. The number of aryl methyl sites for hydroxylation is 3. The quantitative estimate of drug-likeness (QED) is 0.512. The number of rotatable bonds is 8. The van der Waals surface area contributed by atoms with Gasteiger partial charge in [0.15, 0.2) is 0 Å². The number of amides is 1. The van der Waals surface area contributed by atoms with Crippen molar-refractivity contribution in [2.24, 2.45) is 0 Å². The monoisotopic (exact) mass is 423 g/mol. The summed E-state index contributed by atoms with van der Waals surface area (Å²) in [6.07, 6.45) is 1.19. The lowest BCUT2D eigenvalue weighted by atomic mass is 10.0. The van der Waals surface area contributed by atoms with Gasteiger partial charge in [-0.15, -0.1) is 0 Å². The number of hydrogen-bond acceptors (Lipinski definition) is 4. The maximum atomic E-state index is 12.7. The van der Waals surface area contributed by atoms with Gasteiger partial charge in [-0.2, -0.15) is 0 Å². The molecule has 0 bridgehead atoms. The van der Waals surface area contributed by atoms with E-state index in [9.17, 15) is 19.5 Å². The summed E-state index contributed by atoms with van der Waals surface area (Å²) < 4.78 is 1.84. The third-order valence-corrected chi connectivity index (χ3v) is 5.33. The van der Waals surface area contributed by atoms with E-state index in [0.29, 0.717) is 11.4 Å². The Hall–Kier alpha value is -3.68. The van der Waals surface area contributed by atoms with Gasteiger partial charge in [-0.3, -0.25) is 9.59 Å². The molecule has 2 aromatic heterocycles. The van der Waals surface area contributed by atoms with Gasteiger partial charge >= 0.3 is 11.9 Å². The molecule has 8 heteroatoms. The van der Waals surface area contributed by atoms with Crippen molar-refractivity contribution in [2.75, 3.05) is 0 Å². The first-order chi connectivity index (χ1) is 14.7. The Morgan fingerprint density at radius 1 is 1.06 bits per heavy atom. The SMILES string of the molecule is Cc1ccc(-c2nc3c(C)cccn3c2CC(=O)NC(CCC(=O)O)C(=O)O)cc1C. The first-order valence-electron chi connectivity index (χ1n) is 9.95. The minimum absolute atomic E-state index is 0.0935. The van der Waals surface area contributed by atoms with Gasteiger partial charge in [-0.1, -0.05) is 18.2 Å². The maximum Gasteiger partial charge on any atom is 0.326 e. The number of carboxylic acids is 2. The number of carbonyl (C=O) groups is 3. The first kappa shape index (κ1) is 22.0. The van der Waals surface area contributed by atoms with Crippen LogP contribution in [0.5, 0.6) is 0 Å². The Bertz CT molecular complexity index is 1170. The zero-order chi connectivity index (χ0) is 22.7. The minimum Gasteiger partial charge on any atom is -0.481 e. The lowest BCUT2D eigenvalue weighted by Gasteiger charge is -2.14. The second-order valence-electron chi connectivity index (χ2n) is 7.66. The van der Waals surface area contributed by atoms with E-state index in [1.165, 1.54) is 0 Å². The van der Waals surface area contributed by atoms with Crippen molar-refractivity contribution in [2.45, 2.75) is 46.1 Å². The molecule has 0 fully saturated rings. The molecule has 3 rings (SSSR count). The van der Waals surface area contributed by atoms with E-state index in [0.717, 1.165) is 27.9 Å². The van der Waals surface area contributed by atoms with Crippen molar-refractivity contribution >= 4 is 23.5 Å². The Balaban J connectivity index is 1.97. The molecule has 2 heterocycles. The molecule has 1 amide bonds. The Kier molecular flexibility index (Phi) is 6.39. The van der Waals surface area contributed by atoms with Crippen LogP contribution in [0.3, 0.4) is 0 Å². The molecule has 0 aliphatic rings. The highest BCUT2D eigenvalue weighted by Crippen LogP contribution is 2.28. The molecule has 3 aromatic rings. The van der Waals surface area contributed by atoms with Gasteiger partial charge < -0.3 is 19.9 Å². The molecule has 162 valence electrons. The summed E-state index contributed by atoms with van der Waals surface area (Å²) in [7, 11) is 0. The largest absolute Gasteiger partial charge is 0.481 e. The lowest BCUT2D eigenvalue weighted by molar-refractivity contribution is -0.143. The Labute approximate surface area is 179 Å². The van der Waals surface area contributed by atoms with Crippen molar-refractivity contribution < 1.29 is 24.6 Å². The van der Waals surface area contributed by atoms with E-state index >= 15 is 0 Å². The number of carboxylic acid groups (broad SMARTS) is 2. The minimum atomic E-state index is -1.27. The fourth-order valence-electron chi connectivity index (χ4n) is 3.46. The van der Waals surface area contributed by atoms with Gasteiger partial charge in [0, 0.05) is 18.2 Å². The van der Waals surface area contributed by atoms with Crippen LogP contribution in [0.1, 0.15) is 35.2 Å². The van der Waals surface area contributed by atoms with Gasteiger partial charge in [-0.05, 0) is 56.0 Å². The van der Waals surface area contributed by atoms with Crippen LogP contribution in [0.2, 0.25) is 0 Å². The summed E-state index contributed by atoms with van der Waals surface area (Å²) in [5.74, 6) is -2.89. The standard InChI is InChI=1S/C23H25N3O5/c1-13-6-7-16(11-15(13)3)21-18(26-10-4-5-14(2)22(26)25-21)12-19(27)24-17(23(30)31)8-9-20(28)29/h4-7,10-11,17H,8-9,12H2,1-3H3,(H,24,27)(H,28,29)(H,30,31). The molecular formula is C23H25N3O5. The van der Waals surface area contributed by atoms with E-state index in [4.69, 9.17) is 10.1 Å². The molecular weight excluding hydrogens is 398 g/mol. The maximum absolute atomic E-state index is 12.7. The highest BCUT2D eigenvalue weighted by molar-refractivity contribution is 5.86. The molecule has 0 aliphatic heterocycles. The van der Waals surface area contributed by atoms with Gasteiger partial charge in [0.25, 0.3) is 0 Å². The third kappa shape index (κ3) is 4.91. The smallest absolute Gasteiger partial charge is 0.326 e. The van der Waals surface area contributed by atoms with Crippen LogP contribution in [0, 0.1) is 20.8 Å². The lowest BCUT2D eigenvalue weighted by Crippen LogP contribution is -2.42. The average Bonchev–Trinajstić information content (AvgIpc) is 3.06. The predicted molar refractivity (Wildman–Crippen MR) is 115 cm³/mol. The van der Waals surface area contributed by atoms with Crippen LogP contribution >= 0.6 is 0 Å². The number of aromatic nitrogens is 2. The fraction of sp³-hybridized carbons (Fsp3) is 0.304. The number of pyridine rings is 1. The topological polar surface area (TPSA) is 121 Å². The van der Waals surface area contributed by atoms with Crippen LogP contribution in [0.25, 0.3) is 16.9 Å². The molecule has 31 heavy (non-hydrogen) atoms. The highest BCUT2D eigenvalue weighted by atomic mass is 16.4. The Morgan fingerprint density at radius 2 is 1.81 bits per heavy atom. The number of hydrogen-bond donors (Lipinski definition) is 3. The number of imidazole rings is 1. The van der Waals surface area contributed by atoms with E-state index in [1.54, 1.807) is 0 Å². The van der Waals surface area contributed by atoms with Gasteiger partial charge in [0.05, 0.1) is 17.8 Å². The van der Waals surface area contributed by atoms with Crippen molar-refractivity contribution in [3.8, 4) is 11.3 Å². The summed E-state index contributed by atoms with van der Waals surface area (Å²) in [6, 6.07) is 8.49. The van der Waals surface area contributed by atoms with Crippen molar-refractivity contribution in [1.82, 2.24) is 14.7 Å². The molecule has 0 saturated heterocycles. The van der Waals surface area contributed by atoms with E-state index < -0.39 is 23.9 Å². The van der Waals surface area contributed by atoms with Crippen LogP contribution < -0.4 is 5.32 Å². The first-order valence-corrected chi connectivity index (χ1v) is 9.95. The van der Waals surface area contributed by atoms with Gasteiger partial charge in [-0.25, -0.2) is 9.78 Å². The molecule has 1 aromatic carbocycles. The molecule has 0 spiro atoms. The molecule has 3 N–H and O–H groups in total. The van der Waals surface area contributed by atoms with E-state index in [1.807, 2.05) is 61.7 Å². The Morgan fingerprint density at radius 3 is 2.45 bits per heavy atom. The predicted octanol–water partition coefficient (Wildman–Crippen LogP) is 2.90. The number of nitrogens with zero attached hydrogens (tertiary/aromatic N) is 2. The van der Waals surface area contributed by atoms with E-state index in [2.05, 4.69) is 5.32 Å². The molecule has 1 atom stereocenters. The van der Waals surface area contributed by atoms with Crippen LogP contribution in [0.15, 0.2) is 36.5 Å². The zero-order valence-electron chi connectivity index (χ0n) is 17.7. The summed E-state index contributed by atoms with van der Waals surface area (Å²) >= 11 is 0. The fourth-order valence-corrected chi connectivity index (χ4v) is 3.46. The average molecular weight is 423 g/mol. The van der Waals surface area contributed by atoms with Gasteiger partial charge in [0.2, 0.25) is 5.91 Å².